The van der Waals surface area contributed by atoms with Crippen LogP contribution in [0.3, 0.4) is 0 Å². The Kier molecular flexibility index (Phi) is 9.61. The van der Waals surface area contributed by atoms with Gasteiger partial charge in [0, 0.05) is 58.2 Å². The van der Waals surface area contributed by atoms with E-state index in [4.69, 9.17) is 11.6 Å². The predicted molar refractivity (Wildman–Crippen MR) is 135 cm³/mol. The van der Waals surface area contributed by atoms with Gasteiger partial charge in [0.2, 0.25) is 10.9 Å². The lowest BCUT2D eigenvalue weighted by molar-refractivity contribution is -0.274. The third-order valence-electron chi connectivity index (χ3n) is 7.01. The summed E-state index contributed by atoms with van der Waals surface area (Å²) in [5.74, 6) is -4.65. The number of amides is 1. The van der Waals surface area contributed by atoms with E-state index in [0.29, 0.717) is 0 Å². The summed E-state index contributed by atoms with van der Waals surface area (Å²) in [5, 5.41) is 9.38. The van der Waals surface area contributed by atoms with E-state index in [1.165, 1.54) is 34.4 Å². The van der Waals surface area contributed by atoms with Crippen molar-refractivity contribution in [3.8, 4) is 5.75 Å². The van der Waals surface area contributed by atoms with Crippen molar-refractivity contribution in [3.05, 3.63) is 35.0 Å². The lowest BCUT2D eigenvalue weighted by atomic mass is 9.78. The number of nitrogens with one attached hydrogen (secondary N) is 1. The summed E-state index contributed by atoms with van der Waals surface area (Å²) in [6, 6.07) is 3.37. The Bertz CT molecular complexity index is 1310. The summed E-state index contributed by atoms with van der Waals surface area (Å²) >= 11 is 6.01. The molecule has 1 aliphatic heterocycles. The molecular formula is C22H27Cl2F5N6O4S. The molecule has 18 heteroatoms. The molecule has 4 rings (SSSR count). The number of piperazine rings is 1. The lowest BCUT2D eigenvalue weighted by Crippen LogP contribution is -2.63. The van der Waals surface area contributed by atoms with E-state index in [2.05, 4.69) is 20.4 Å². The molecule has 40 heavy (non-hydrogen) atoms. The highest BCUT2D eigenvalue weighted by atomic mass is 35.5. The molecule has 1 aromatic carbocycles. The van der Waals surface area contributed by atoms with Crippen LogP contribution in [0.4, 0.5) is 22.0 Å². The maximum Gasteiger partial charge on any atom is 0.573 e. The van der Waals surface area contributed by atoms with Crippen molar-refractivity contribution in [3.63, 3.8) is 0 Å². The van der Waals surface area contributed by atoms with Crippen molar-refractivity contribution in [1.29, 1.82) is 0 Å². The maximum atomic E-state index is 14.1. The minimum absolute atomic E-state index is 0. The maximum absolute atomic E-state index is 14.1. The number of aromatic nitrogens is 3. The molecule has 1 amide bonds. The van der Waals surface area contributed by atoms with Gasteiger partial charge in [0.25, 0.3) is 15.9 Å². The van der Waals surface area contributed by atoms with Crippen molar-refractivity contribution in [2.45, 2.75) is 48.5 Å². The average molecular weight is 637 g/mol. The zero-order chi connectivity index (χ0) is 28.6. The van der Waals surface area contributed by atoms with Gasteiger partial charge >= 0.3 is 6.36 Å². The molecule has 2 aliphatic rings. The number of ether oxygens (including phenoxy) is 1. The van der Waals surface area contributed by atoms with Gasteiger partial charge in [0.05, 0.1) is 11.2 Å². The normalized spacial score (nSPS) is 20.0. The van der Waals surface area contributed by atoms with E-state index >= 15 is 0 Å². The number of benzene rings is 1. The summed E-state index contributed by atoms with van der Waals surface area (Å²) in [5.41, 5.74) is -1.51. The summed E-state index contributed by atoms with van der Waals surface area (Å²) < 4.78 is 99.1. The zero-order valence-electron chi connectivity index (χ0n) is 21.1. The third kappa shape index (κ3) is 7.13. The molecule has 1 aromatic heterocycles. The second-order valence-corrected chi connectivity index (χ2v) is 11.8. The van der Waals surface area contributed by atoms with Crippen LogP contribution in [-0.2, 0) is 17.1 Å². The average Bonchev–Trinajstić information content (AvgIpc) is 3.30. The van der Waals surface area contributed by atoms with Crippen LogP contribution in [0.15, 0.2) is 29.4 Å². The molecule has 2 heterocycles. The van der Waals surface area contributed by atoms with Gasteiger partial charge in [0.15, 0.2) is 0 Å². The number of nitrogens with zero attached hydrogens (tertiary/aromatic N) is 5. The molecule has 0 atom stereocenters. The standard InChI is InChI=1S/C22H26ClF5N6O4S.ClH/c1-32-13-17(30-31-32)39(36,37)34-11-9-33(10-12-34)20(5-7-21(24,25)8-6-20)14-29-19(35)18-15(23)3-2-4-16(18)38-22(26,27)28;/h2-4,13H,5-12,14H2,1H3,(H,29,35);1H. The Morgan fingerprint density at radius 1 is 1.12 bits per heavy atom. The Labute approximate surface area is 238 Å². The summed E-state index contributed by atoms with van der Waals surface area (Å²) in [6.07, 6.45) is -4.77. The smallest absolute Gasteiger partial charge is 0.405 e. The zero-order valence-corrected chi connectivity index (χ0v) is 23.5. The minimum Gasteiger partial charge on any atom is -0.405 e. The van der Waals surface area contributed by atoms with Crippen LogP contribution in [0.25, 0.3) is 0 Å². The van der Waals surface area contributed by atoms with Crippen LogP contribution in [0, 0.1) is 0 Å². The summed E-state index contributed by atoms with van der Waals surface area (Å²) in [6.45, 7) is 0.262. The molecule has 1 saturated heterocycles. The van der Waals surface area contributed by atoms with Crippen LogP contribution in [0.2, 0.25) is 5.02 Å². The minimum atomic E-state index is -5.07. The van der Waals surface area contributed by atoms with Gasteiger partial charge in [0.1, 0.15) is 11.3 Å². The van der Waals surface area contributed by atoms with E-state index < -0.39 is 57.9 Å². The van der Waals surface area contributed by atoms with Crippen molar-refractivity contribution in [1.82, 2.24) is 29.5 Å². The largest absolute Gasteiger partial charge is 0.573 e. The number of alkyl halides is 5. The van der Waals surface area contributed by atoms with Gasteiger partial charge in [-0.05, 0) is 25.0 Å². The highest BCUT2D eigenvalue weighted by Crippen LogP contribution is 2.42. The van der Waals surface area contributed by atoms with Crippen molar-refractivity contribution >= 4 is 39.9 Å². The summed E-state index contributed by atoms with van der Waals surface area (Å²) in [7, 11) is -2.39. The fourth-order valence-electron chi connectivity index (χ4n) is 4.93. The monoisotopic (exact) mass is 636 g/mol. The second-order valence-electron chi connectivity index (χ2n) is 9.55. The number of halogens is 7. The number of sulfonamides is 1. The first-order valence-corrected chi connectivity index (χ1v) is 13.8. The molecule has 2 aromatic rings. The van der Waals surface area contributed by atoms with Crippen LogP contribution in [0.1, 0.15) is 36.0 Å². The highest BCUT2D eigenvalue weighted by Gasteiger charge is 2.48. The van der Waals surface area contributed by atoms with E-state index in [9.17, 15) is 35.2 Å². The molecule has 2 fully saturated rings. The fraction of sp³-hybridized carbons (Fsp3) is 0.591. The number of carbonyl (C=O) groups excluding carboxylic acids is 1. The molecule has 0 radical (unpaired) electrons. The number of aryl methyl sites for hydroxylation is 1. The van der Waals surface area contributed by atoms with E-state index in [-0.39, 0.29) is 68.0 Å². The van der Waals surface area contributed by atoms with Gasteiger partial charge in [-0.25, -0.2) is 17.2 Å². The first-order chi connectivity index (χ1) is 18.1. The third-order valence-corrected chi connectivity index (χ3v) is 9.09. The Morgan fingerprint density at radius 3 is 2.30 bits per heavy atom. The number of hydrogen-bond donors (Lipinski definition) is 1. The number of hydrogen-bond acceptors (Lipinski definition) is 7. The van der Waals surface area contributed by atoms with Crippen LogP contribution in [0.5, 0.6) is 5.75 Å². The van der Waals surface area contributed by atoms with Crippen LogP contribution >= 0.6 is 24.0 Å². The van der Waals surface area contributed by atoms with Gasteiger partial charge < -0.3 is 10.1 Å². The quantitative estimate of drug-likeness (QED) is 0.464. The molecule has 1 saturated carbocycles. The van der Waals surface area contributed by atoms with E-state index in [1.54, 1.807) is 0 Å². The molecule has 10 nitrogen and oxygen atoms in total. The van der Waals surface area contributed by atoms with Gasteiger partial charge in [-0.15, -0.1) is 30.7 Å². The fourth-order valence-corrected chi connectivity index (χ4v) is 6.52. The SMILES string of the molecule is Cl.Cn1cc(S(=O)(=O)N2CCN(C3(CNC(=O)c4c(Cl)cccc4OC(F)(F)F)CCC(F)(F)CC3)CC2)nn1. The topological polar surface area (TPSA) is 110 Å². The predicted octanol–water partition coefficient (Wildman–Crippen LogP) is 3.47. The lowest BCUT2D eigenvalue weighted by Gasteiger charge is -2.50. The van der Waals surface area contributed by atoms with Crippen LogP contribution in [-0.4, -0.2) is 89.1 Å². The van der Waals surface area contributed by atoms with Crippen LogP contribution < -0.4 is 10.1 Å². The van der Waals surface area contributed by atoms with Gasteiger partial charge in [-0.2, -0.15) is 4.31 Å². The van der Waals surface area contributed by atoms with Crippen molar-refractivity contribution in [2.24, 2.45) is 7.05 Å². The van der Waals surface area contributed by atoms with Crippen molar-refractivity contribution < 1.29 is 39.9 Å². The second kappa shape index (κ2) is 11.9. The highest BCUT2D eigenvalue weighted by molar-refractivity contribution is 7.89. The molecular weight excluding hydrogens is 610 g/mol. The molecule has 0 bridgehead atoms. The Hall–Kier alpha value is -2.27. The molecule has 1 aliphatic carbocycles. The molecule has 1 N–H and O–H groups in total. The summed E-state index contributed by atoms with van der Waals surface area (Å²) in [4.78, 5) is 14.8. The molecule has 224 valence electrons. The Balaban J connectivity index is 0.00000441. The molecule has 0 unspecified atom stereocenters. The first kappa shape index (κ1) is 32.2. The van der Waals surface area contributed by atoms with Crippen molar-refractivity contribution in [2.75, 3.05) is 32.7 Å². The molecule has 0 spiro atoms. The van der Waals surface area contributed by atoms with Gasteiger partial charge in [-0.3, -0.25) is 14.4 Å². The Morgan fingerprint density at radius 2 is 1.75 bits per heavy atom. The van der Waals surface area contributed by atoms with Gasteiger partial charge in [-0.1, -0.05) is 22.9 Å². The van der Waals surface area contributed by atoms with E-state index in [1.807, 2.05) is 4.90 Å². The number of rotatable bonds is 7. The number of carbonyl (C=O) groups is 1. The first-order valence-electron chi connectivity index (χ1n) is 11.9. The van der Waals surface area contributed by atoms with E-state index in [0.717, 1.165) is 6.07 Å².